The fraction of sp³-hybridized carbons (Fsp3) is 0.500. The second kappa shape index (κ2) is 8.42. The van der Waals surface area contributed by atoms with Crippen molar-refractivity contribution in [1.29, 1.82) is 0 Å². The first-order valence-corrected chi connectivity index (χ1v) is 9.99. The van der Waals surface area contributed by atoms with Crippen LogP contribution < -0.4 is 5.32 Å². The smallest absolute Gasteiger partial charge is 0.346 e. The van der Waals surface area contributed by atoms with Crippen molar-refractivity contribution < 1.29 is 27.6 Å². The van der Waals surface area contributed by atoms with Crippen molar-refractivity contribution in [2.45, 2.75) is 25.1 Å². The lowest BCUT2D eigenvalue weighted by atomic mass is 10.0. The number of carbonyl (C=O) groups is 3. The molecule has 1 N–H and O–H groups in total. The molecule has 1 unspecified atom stereocenters. The van der Waals surface area contributed by atoms with Gasteiger partial charge in [0.15, 0.2) is 0 Å². The Morgan fingerprint density at radius 2 is 2.00 bits per heavy atom. The second-order valence-electron chi connectivity index (χ2n) is 6.76. The van der Waals surface area contributed by atoms with Gasteiger partial charge in [-0.05, 0) is 24.1 Å². The molecule has 3 rings (SSSR count). The first-order valence-electron chi connectivity index (χ1n) is 8.84. The Labute approximate surface area is 164 Å². The van der Waals surface area contributed by atoms with Crippen LogP contribution in [0.1, 0.15) is 30.0 Å². The van der Waals surface area contributed by atoms with E-state index >= 15 is 0 Å². The number of hydrogen-bond donors (Lipinski definition) is 1. The molecule has 1 aromatic carbocycles. The number of halogens is 3. The molecular formula is C18H20F3N3O3S. The molecular weight excluding hydrogens is 395 g/mol. The number of alkyl halides is 3. The first-order chi connectivity index (χ1) is 13.2. The van der Waals surface area contributed by atoms with Gasteiger partial charge in [0, 0.05) is 19.5 Å². The maximum absolute atomic E-state index is 13.1. The molecule has 0 aromatic heterocycles. The van der Waals surface area contributed by atoms with Gasteiger partial charge in [0.05, 0.1) is 23.2 Å². The maximum Gasteiger partial charge on any atom is 0.416 e. The number of hydrogen-bond acceptors (Lipinski definition) is 4. The van der Waals surface area contributed by atoms with Crippen molar-refractivity contribution in [3.63, 3.8) is 0 Å². The Balaban J connectivity index is 1.77. The van der Waals surface area contributed by atoms with Crippen molar-refractivity contribution in [3.8, 4) is 0 Å². The summed E-state index contributed by atoms with van der Waals surface area (Å²) in [5, 5.41) is 2.70. The zero-order chi connectivity index (χ0) is 20.3. The molecule has 1 atom stereocenters. The van der Waals surface area contributed by atoms with Gasteiger partial charge >= 0.3 is 6.18 Å². The molecule has 2 aliphatic heterocycles. The van der Waals surface area contributed by atoms with Crippen molar-refractivity contribution in [2.75, 3.05) is 31.3 Å². The molecule has 0 saturated carbocycles. The highest BCUT2D eigenvalue weighted by Gasteiger charge is 2.32. The van der Waals surface area contributed by atoms with E-state index in [0.29, 0.717) is 31.0 Å². The lowest BCUT2D eigenvalue weighted by Crippen LogP contribution is -2.43. The van der Waals surface area contributed by atoms with E-state index in [1.165, 1.54) is 28.8 Å². The summed E-state index contributed by atoms with van der Waals surface area (Å²) in [5.74, 6) is 0.0188. The molecule has 6 nitrogen and oxygen atoms in total. The monoisotopic (exact) mass is 415 g/mol. The van der Waals surface area contributed by atoms with Crippen LogP contribution in [0.15, 0.2) is 24.3 Å². The third-order valence-electron chi connectivity index (χ3n) is 4.69. The zero-order valence-corrected chi connectivity index (χ0v) is 15.8. The van der Waals surface area contributed by atoms with E-state index in [0.717, 1.165) is 12.1 Å². The molecule has 0 bridgehead atoms. The Hall–Kier alpha value is -2.23. The van der Waals surface area contributed by atoms with Gasteiger partial charge in [-0.25, -0.2) is 0 Å². The van der Waals surface area contributed by atoms with E-state index in [-0.39, 0.29) is 30.5 Å². The SMILES string of the molecule is O=C(CN1CSCC1=O)NC(CN1CCCC1=O)c1cccc(C(F)(F)F)c1. The number of rotatable bonds is 6. The molecule has 2 aliphatic rings. The minimum absolute atomic E-state index is 0.0858. The highest BCUT2D eigenvalue weighted by atomic mass is 32.2. The third-order valence-corrected chi connectivity index (χ3v) is 5.63. The van der Waals surface area contributed by atoms with Gasteiger partial charge in [-0.3, -0.25) is 14.4 Å². The molecule has 3 amide bonds. The summed E-state index contributed by atoms with van der Waals surface area (Å²) < 4.78 is 39.2. The van der Waals surface area contributed by atoms with Crippen molar-refractivity contribution in [2.24, 2.45) is 0 Å². The van der Waals surface area contributed by atoms with Crippen LogP contribution in [0.2, 0.25) is 0 Å². The average Bonchev–Trinajstić information content (AvgIpc) is 3.22. The molecule has 0 spiro atoms. The van der Waals surface area contributed by atoms with E-state index in [2.05, 4.69) is 5.32 Å². The molecule has 2 heterocycles. The van der Waals surface area contributed by atoms with Gasteiger partial charge in [-0.2, -0.15) is 13.2 Å². The normalized spacial score (nSPS) is 18.7. The fourth-order valence-corrected chi connectivity index (χ4v) is 4.14. The number of benzene rings is 1. The number of thioether (sulfide) groups is 1. The molecule has 28 heavy (non-hydrogen) atoms. The van der Waals surface area contributed by atoms with Gasteiger partial charge in [0.2, 0.25) is 17.7 Å². The average molecular weight is 415 g/mol. The van der Waals surface area contributed by atoms with Crippen LogP contribution >= 0.6 is 11.8 Å². The van der Waals surface area contributed by atoms with E-state index in [9.17, 15) is 27.6 Å². The molecule has 0 aliphatic carbocycles. The minimum atomic E-state index is -4.51. The van der Waals surface area contributed by atoms with E-state index in [1.807, 2.05) is 0 Å². The highest BCUT2D eigenvalue weighted by molar-refractivity contribution is 8.00. The molecule has 1 aromatic rings. The zero-order valence-electron chi connectivity index (χ0n) is 15.0. The molecule has 10 heteroatoms. The Kier molecular flexibility index (Phi) is 6.17. The van der Waals surface area contributed by atoms with Gasteiger partial charge < -0.3 is 15.1 Å². The minimum Gasteiger partial charge on any atom is -0.346 e. The first kappa shape index (κ1) is 20.5. The Morgan fingerprint density at radius 1 is 1.21 bits per heavy atom. The summed E-state index contributed by atoms with van der Waals surface area (Å²) in [6, 6.07) is 3.94. The summed E-state index contributed by atoms with van der Waals surface area (Å²) >= 11 is 1.40. The number of nitrogens with one attached hydrogen (secondary N) is 1. The highest BCUT2D eigenvalue weighted by Crippen LogP contribution is 2.31. The van der Waals surface area contributed by atoms with Crippen LogP contribution in [0.25, 0.3) is 0 Å². The van der Waals surface area contributed by atoms with Crippen LogP contribution in [0.4, 0.5) is 13.2 Å². The van der Waals surface area contributed by atoms with Crippen LogP contribution in [0.5, 0.6) is 0 Å². The van der Waals surface area contributed by atoms with Gasteiger partial charge in [0.25, 0.3) is 0 Å². The quantitative estimate of drug-likeness (QED) is 0.772. The van der Waals surface area contributed by atoms with Crippen LogP contribution in [0.3, 0.4) is 0 Å². The number of carbonyl (C=O) groups excluding carboxylic acids is 3. The van der Waals surface area contributed by atoms with Crippen molar-refractivity contribution in [3.05, 3.63) is 35.4 Å². The van der Waals surface area contributed by atoms with Crippen LogP contribution in [-0.4, -0.2) is 58.8 Å². The summed E-state index contributed by atoms with van der Waals surface area (Å²) in [7, 11) is 0. The van der Waals surface area contributed by atoms with E-state index in [4.69, 9.17) is 0 Å². The standard InChI is InChI=1S/C18H20F3N3O3S/c19-18(20,21)13-4-1-3-12(7-13)14(8-23-6-2-5-16(23)26)22-15(25)9-24-11-28-10-17(24)27/h1,3-4,7,14H,2,5-6,8-11H2,(H,22,25). The predicted octanol–water partition coefficient (Wildman–Crippen LogP) is 2.02. The fourth-order valence-electron chi connectivity index (χ4n) is 3.24. The van der Waals surface area contributed by atoms with Gasteiger partial charge in [-0.1, -0.05) is 12.1 Å². The summed E-state index contributed by atoms with van der Waals surface area (Å²) in [6.07, 6.45) is -3.43. The summed E-state index contributed by atoms with van der Waals surface area (Å²) in [6.45, 7) is 0.440. The van der Waals surface area contributed by atoms with E-state index in [1.54, 1.807) is 4.90 Å². The lowest BCUT2D eigenvalue weighted by Gasteiger charge is -2.26. The van der Waals surface area contributed by atoms with Crippen molar-refractivity contribution in [1.82, 2.24) is 15.1 Å². The topological polar surface area (TPSA) is 69.7 Å². The summed E-state index contributed by atoms with van der Waals surface area (Å²) in [4.78, 5) is 39.0. The van der Waals surface area contributed by atoms with Gasteiger partial charge in [0.1, 0.15) is 6.54 Å². The van der Waals surface area contributed by atoms with Crippen LogP contribution in [0, 0.1) is 0 Å². The predicted molar refractivity (Wildman–Crippen MR) is 97.2 cm³/mol. The molecule has 2 fully saturated rings. The lowest BCUT2D eigenvalue weighted by molar-refractivity contribution is -0.137. The molecule has 2 saturated heterocycles. The van der Waals surface area contributed by atoms with Gasteiger partial charge in [-0.15, -0.1) is 11.8 Å². The Morgan fingerprint density at radius 3 is 2.61 bits per heavy atom. The largest absolute Gasteiger partial charge is 0.416 e. The van der Waals surface area contributed by atoms with Crippen LogP contribution in [-0.2, 0) is 20.6 Å². The molecule has 0 radical (unpaired) electrons. The maximum atomic E-state index is 13.1. The number of likely N-dealkylation sites (tertiary alicyclic amines) is 1. The van der Waals surface area contributed by atoms with E-state index < -0.39 is 23.7 Å². The third kappa shape index (κ3) is 4.98. The van der Waals surface area contributed by atoms with Crippen molar-refractivity contribution >= 4 is 29.5 Å². The Bertz CT molecular complexity index is 772. The molecule has 152 valence electrons. The summed E-state index contributed by atoms with van der Waals surface area (Å²) in [5.41, 5.74) is -0.548. The number of nitrogens with zero attached hydrogens (tertiary/aromatic N) is 2. The second-order valence-corrected chi connectivity index (χ2v) is 7.71. The number of amides is 3.